The topological polar surface area (TPSA) is 103 Å². The van der Waals surface area contributed by atoms with E-state index in [2.05, 4.69) is 10.6 Å². The minimum absolute atomic E-state index is 0.130. The molecule has 2 atom stereocenters. The normalized spacial score (nSPS) is 12.8. The van der Waals surface area contributed by atoms with Gasteiger partial charge in [0.05, 0.1) is 30.9 Å². The Bertz CT molecular complexity index is 869. The third-order valence-electron chi connectivity index (χ3n) is 4.40. The van der Waals surface area contributed by atoms with Gasteiger partial charge in [0.15, 0.2) is 0 Å². The van der Waals surface area contributed by atoms with Gasteiger partial charge < -0.3 is 14.8 Å². The van der Waals surface area contributed by atoms with Crippen molar-refractivity contribution < 1.29 is 19.2 Å². The monoisotopic (exact) mass is 387 g/mol. The minimum atomic E-state index is -0.566. The highest BCUT2D eigenvalue weighted by atomic mass is 16.6. The number of carbonyl (C=O) groups is 1. The molecule has 0 radical (unpaired) electrons. The van der Waals surface area contributed by atoms with Crippen LogP contribution in [0.25, 0.3) is 0 Å². The highest BCUT2D eigenvalue weighted by molar-refractivity contribution is 5.96. The average Bonchev–Trinajstić information content (AvgIpc) is 2.67. The second-order valence-corrected chi connectivity index (χ2v) is 6.49. The number of methoxy groups -OCH3 is 2. The van der Waals surface area contributed by atoms with Gasteiger partial charge in [-0.05, 0) is 32.9 Å². The number of rotatable bonds is 8. The molecule has 150 valence electrons. The van der Waals surface area contributed by atoms with Crippen LogP contribution in [0, 0.1) is 17.0 Å². The van der Waals surface area contributed by atoms with Gasteiger partial charge in [0, 0.05) is 23.7 Å². The molecular weight excluding hydrogens is 362 g/mol. The van der Waals surface area contributed by atoms with Crippen LogP contribution in [0.15, 0.2) is 36.4 Å². The number of anilines is 1. The van der Waals surface area contributed by atoms with Crippen LogP contribution in [0.4, 0.5) is 11.4 Å². The molecule has 0 spiro atoms. The van der Waals surface area contributed by atoms with Crippen LogP contribution >= 0.6 is 0 Å². The highest BCUT2D eigenvalue weighted by Gasteiger charge is 2.21. The molecule has 0 saturated heterocycles. The molecule has 0 aliphatic heterocycles. The molecule has 1 amide bonds. The van der Waals surface area contributed by atoms with Gasteiger partial charge in [-0.2, -0.15) is 0 Å². The van der Waals surface area contributed by atoms with Crippen molar-refractivity contribution in [3.63, 3.8) is 0 Å². The Morgan fingerprint density at radius 1 is 1.07 bits per heavy atom. The minimum Gasteiger partial charge on any atom is -0.496 e. The molecule has 0 aliphatic rings. The molecule has 8 nitrogen and oxygen atoms in total. The SMILES string of the molecule is COc1ccc([N+](=O)[O-])cc1NC(=O)C(C)NC(C)c1cc(C)ccc1OC. The number of hydrogen-bond donors (Lipinski definition) is 2. The molecular formula is C20H25N3O5. The van der Waals surface area contributed by atoms with Crippen molar-refractivity contribution in [3.05, 3.63) is 57.6 Å². The van der Waals surface area contributed by atoms with E-state index in [4.69, 9.17) is 9.47 Å². The predicted octanol–water partition coefficient (Wildman–Crippen LogP) is 3.60. The number of amides is 1. The summed E-state index contributed by atoms with van der Waals surface area (Å²) in [5.41, 5.74) is 2.14. The summed E-state index contributed by atoms with van der Waals surface area (Å²) in [5, 5.41) is 16.9. The highest BCUT2D eigenvalue weighted by Crippen LogP contribution is 2.29. The van der Waals surface area contributed by atoms with Crippen LogP contribution in [0.5, 0.6) is 11.5 Å². The predicted molar refractivity (Wildman–Crippen MR) is 107 cm³/mol. The number of nitro benzene ring substituents is 1. The Labute approximate surface area is 164 Å². The fourth-order valence-electron chi connectivity index (χ4n) is 2.88. The van der Waals surface area contributed by atoms with E-state index in [9.17, 15) is 14.9 Å². The van der Waals surface area contributed by atoms with Crippen molar-refractivity contribution in [2.75, 3.05) is 19.5 Å². The Morgan fingerprint density at radius 3 is 2.32 bits per heavy atom. The van der Waals surface area contributed by atoms with Crippen molar-refractivity contribution >= 4 is 17.3 Å². The van der Waals surface area contributed by atoms with Gasteiger partial charge >= 0.3 is 0 Å². The van der Waals surface area contributed by atoms with E-state index in [1.165, 1.54) is 25.3 Å². The molecule has 2 aromatic carbocycles. The maximum Gasteiger partial charge on any atom is 0.271 e. The lowest BCUT2D eigenvalue weighted by atomic mass is 10.0. The number of nitrogens with zero attached hydrogens (tertiary/aromatic N) is 1. The number of ether oxygens (including phenoxy) is 2. The quantitative estimate of drug-likeness (QED) is 0.530. The van der Waals surface area contributed by atoms with E-state index in [-0.39, 0.29) is 23.3 Å². The Morgan fingerprint density at radius 2 is 1.71 bits per heavy atom. The van der Waals surface area contributed by atoms with Crippen LogP contribution in [0.1, 0.15) is 31.0 Å². The summed E-state index contributed by atoms with van der Waals surface area (Å²) in [6.45, 7) is 5.65. The summed E-state index contributed by atoms with van der Waals surface area (Å²) in [6, 6.07) is 9.18. The molecule has 0 saturated carbocycles. The second kappa shape index (κ2) is 9.18. The molecule has 8 heteroatoms. The summed E-state index contributed by atoms with van der Waals surface area (Å²) in [5.74, 6) is 0.746. The first-order valence-electron chi connectivity index (χ1n) is 8.80. The summed E-state index contributed by atoms with van der Waals surface area (Å²) in [4.78, 5) is 23.1. The van der Waals surface area contributed by atoms with Gasteiger partial charge in [-0.15, -0.1) is 0 Å². The molecule has 0 fully saturated rings. The first kappa shape index (κ1) is 21.2. The first-order valence-corrected chi connectivity index (χ1v) is 8.80. The van der Waals surface area contributed by atoms with Crippen LogP contribution < -0.4 is 20.1 Å². The fraction of sp³-hybridized carbons (Fsp3) is 0.350. The lowest BCUT2D eigenvalue weighted by Crippen LogP contribution is -2.39. The Balaban J connectivity index is 2.14. The number of non-ortho nitro benzene ring substituents is 1. The van der Waals surface area contributed by atoms with E-state index in [1.54, 1.807) is 14.0 Å². The van der Waals surface area contributed by atoms with Crippen LogP contribution in [0.2, 0.25) is 0 Å². The van der Waals surface area contributed by atoms with Crippen LogP contribution in [0.3, 0.4) is 0 Å². The van der Waals surface area contributed by atoms with E-state index in [0.29, 0.717) is 5.75 Å². The summed E-state index contributed by atoms with van der Waals surface area (Å²) in [7, 11) is 3.04. The maximum absolute atomic E-state index is 12.6. The van der Waals surface area contributed by atoms with Crippen LogP contribution in [-0.2, 0) is 4.79 Å². The third kappa shape index (κ3) is 4.98. The van der Waals surface area contributed by atoms with Crippen molar-refractivity contribution in [2.45, 2.75) is 32.9 Å². The zero-order valence-corrected chi connectivity index (χ0v) is 16.6. The van der Waals surface area contributed by atoms with Gasteiger partial charge in [-0.3, -0.25) is 20.2 Å². The third-order valence-corrected chi connectivity index (χ3v) is 4.40. The zero-order chi connectivity index (χ0) is 20.8. The molecule has 0 heterocycles. The maximum atomic E-state index is 12.6. The lowest BCUT2D eigenvalue weighted by molar-refractivity contribution is -0.384. The van der Waals surface area contributed by atoms with Crippen molar-refractivity contribution in [3.8, 4) is 11.5 Å². The number of nitrogens with one attached hydrogen (secondary N) is 2. The van der Waals surface area contributed by atoms with Gasteiger partial charge in [-0.25, -0.2) is 0 Å². The molecule has 2 rings (SSSR count). The second-order valence-electron chi connectivity index (χ2n) is 6.49. The van der Waals surface area contributed by atoms with E-state index >= 15 is 0 Å². The molecule has 2 N–H and O–H groups in total. The molecule has 0 aromatic heterocycles. The summed E-state index contributed by atoms with van der Waals surface area (Å²) < 4.78 is 10.6. The van der Waals surface area contributed by atoms with Gasteiger partial charge in [-0.1, -0.05) is 17.7 Å². The summed E-state index contributed by atoms with van der Waals surface area (Å²) in [6.07, 6.45) is 0. The van der Waals surface area contributed by atoms with Crippen molar-refractivity contribution in [1.29, 1.82) is 0 Å². The fourth-order valence-corrected chi connectivity index (χ4v) is 2.88. The van der Waals surface area contributed by atoms with Crippen LogP contribution in [-0.4, -0.2) is 31.1 Å². The summed E-state index contributed by atoms with van der Waals surface area (Å²) >= 11 is 0. The van der Waals surface area contributed by atoms with Gasteiger partial charge in [0.25, 0.3) is 5.69 Å². The molecule has 28 heavy (non-hydrogen) atoms. The Hall–Kier alpha value is -3.13. The number of carbonyl (C=O) groups excluding carboxylic acids is 1. The van der Waals surface area contributed by atoms with E-state index < -0.39 is 11.0 Å². The molecule has 2 aromatic rings. The molecule has 0 bridgehead atoms. The largest absolute Gasteiger partial charge is 0.496 e. The van der Waals surface area contributed by atoms with E-state index in [1.807, 2.05) is 32.0 Å². The molecule has 2 unspecified atom stereocenters. The number of nitro groups is 1. The lowest BCUT2D eigenvalue weighted by Gasteiger charge is -2.22. The average molecular weight is 387 g/mol. The number of hydrogen-bond acceptors (Lipinski definition) is 6. The van der Waals surface area contributed by atoms with E-state index in [0.717, 1.165) is 16.9 Å². The number of benzene rings is 2. The van der Waals surface area contributed by atoms with Crippen molar-refractivity contribution in [1.82, 2.24) is 5.32 Å². The first-order chi connectivity index (χ1) is 13.3. The Kier molecular flexibility index (Phi) is 6.94. The number of aryl methyl sites for hydroxylation is 1. The standard InChI is InChI=1S/C20H25N3O5/c1-12-6-8-18(27-4)16(10-12)13(2)21-14(3)20(24)22-17-11-15(23(25)26)7-9-19(17)28-5/h6-11,13-14,21H,1-5H3,(H,22,24). The smallest absolute Gasteiger partial charge is 0.271 e. The van der Waals surface area contributed by atoms with Crippen molar-refractivity contribution in [2.24, 2.45) is 0 Å². The van der Waals surface area contributed by atoms with Gasteiger partial charge in [0.1, 0.15) is 11.5 Å². The molecule has 0 aliphatic carbocycles. The zero-order valence-electron chi connectivity index (χ0n) is 16.6. The van der Waals surface area contributed by atoms with Gasteiger partial charge in [0.2, 0.25) is 5.91 Å².